The Morgan fingerprint density at radius 3 is 2.93 bits per heavy atom. The third kappa shape index (κ3) is 1.93. The number of aromatic nitrogens is 1. The molecule has 1 aromatic heterocycles. The predicted octanol–water partition coefficient (Wildman–Crippen LogP) is 2.87. The van der Waals surface area contributed by atoms with Gasteiger partial charge in [-0.2, -0.15) is 0 Å². The van der Waals surface area contributed by atoms with Crippen LogP contribution in [0.2, 0.25) is 0 Å². The smallest absolute Gasteiger partial charge is 0.212 e. The van der Waals surface area contributed by atoms with E-state index in [0.29, 0.717) is 17.9 Å². The fourth-order valence-electron chi connectivity index (χ4n) is 1.69. The number of oxazole rings is 1. The quantitative estimate of drug-likeness (QED) is 0.712. The summed E-state index contributed by atoms with van der Waals surface area (Å²) in [6, 6.07) is 0. The lowest BCUT2D eigenvalue weighted by atomic mass is 10.0. The molecule has 1 fully saturated rings. The molecular weight excluding hydrogens is 202 g/mol. The Kier molecular flexibility index (Phi) is 2.79. The molecule has 0 aromatic carbocycles. The molecule has 4 heteroatoms. The zero-order valence-electron chi connectivity index (χ0n) is 8.37. The first kappa shape index (κ1) is 9.99. The molecule has 0 radical (unpaired) electrons. The summed E-state index contributed by atoms with van der Waals surface area (Å²) in [7, 11) is 0. The van der Waals surface area contributed by atoms with E-state index in [0.717, 1.165) is 18.8 Å². The summed E-state index contributed by atoms with van der Waals surface area (Å²) in [5, 5.41) is -0.163. The van der Waals surface area contributed by atoms with Crippen LogP contribution in [-0.4, -0.2) is 17.7 Å². The molecule has 14 heavy (non-hydrogen) atoms. The molecule has 2 rings (SSSR count). The number of nitrogens with zero attached hydrogens (tertiary/aromatic N) is 1. The molecule has 3 unspecified atom stereocenters. The minimum Gasteiger partial charge on any atom is -0.444 e. The van der Waals surface area contributed by atoms with Crippen molar-refractivity contribution in [1.29, 1.82) is 0 Å². The Morgan fingerprint density at radius 2 is 2.43 bits per heavy atom. The van der Waals surface area contributed by atoms with Gasteiger partial charge in [0.2, 0.25) is 5.89 Å². The van der Waals surface area contributed by atoms with Crippen LogP contribution < -0.4 is 0 Å². The van der Waals surface area contributed by atoms with Crippen LogP contribution in [0.3, 0.4) is 0 Å². The largest absolute Gasteiger partial charge is 0.444 e. The van der Waals surface area contributed by atoms with Crippen LogP contribution in [0.5, 0.6) is 0 Å². The standard InChI is InChI=1S/C10H14ClNO2/c1-6-3-8(5-13-6)9-4-12-10(14-9)7(2)11/h4,6-8H,3,5H2,1-2H3. The van der Waals surface area contributed by atoms with E-state index in [1.54, 1.807) is 6.20 Å². The van der Waals surface area contributed by atoms with Gasteiger partial charge >= 0.3 is 0 Å². The van der Waals surface area contributed by atoms with Gasteiger partial charge in [-0.25, -0.2) is 4.98 Å². The summed E-state index contributed by atoms with van der Waals surface area (Å²) < 4.78 is 11.0. The molecule has 1 saturated heterocycles. The maximum Gasteiger partial charge on any atom is 0.212 e. The first-order valence-electron chi connectivity index (χ1n) is 4.88. The Bertz CT molecular complexity index is 311. The number of hydrogen-bond acceptors (Lipinski definition) is 3. The van der Waals surface area contributed by atoms with Gasteiger partial charge < -0.3 is 9.15 Å². The molecule has 2 heterocycles. The lowest BCUT2D eigenvalue weighted by Gasteiger charge is -2.01. The number of ether oxygens (including phenoxy) is 1. The van der Waals surface area contributed by atoms with Crippen molar-refractivity contribution in [2.45, 2.75) is 37.7 Å². The first-order valence-corrected chi connectivity index (χ1v) is 5.31. The summed E-state index contributed by atoms with van der Waals surface area (Å²) in [4.78, 5) is 4.13. The van der Waals surface area contributed by atoms with Crippen molar-refractivity contribution in [3.63, 3.8) is 0 Å². The lowest BCUT2D eigenvalue weighted by Crippen LogP contribution is -1.96. The molecule has 1 aliphatic heterocycles. The Hall–Kier alpha value is -0.540. The van der Waals surface area contributed by atoms with Crippen molar-refractivity contribution >= 4 is 11.6 Å². The average Bonchev–Trinajstić information content (AvgIpc) is 2.70. The van der Waals surface area contributed by atoms with E-state index in [-0.39, 0.29) is 5.38 Å². The third-order valence-electron chi connectivity index (χ3n) is 2.48. The van der Waals surface area contributed by atoms with Crippen LogP contribution >= 0.6 is 11.6 Å². The first-order chi connectivity index (χ1) is 6.66. The molecule has 0 aliphatic carbocycles. The van der Waals surface area contributed by atoms with Crippen molar-refractivity contribution in [3.8, 4) is 0 Å². The van der Waals surface area contributed by atoms with Crippen molar-refractivity contribution in [3.05, 3.63) is 17.8 Å². The monoisotopic (exact) mass is 215 g/mol. The summed E-state index contributed by atoms with van der Waals surface area (Å²) in [5.41, 5.74) is 0. The highest BCUT2D eigenvalue weighted by atomic mass is 35.5. The van der Waals surface area contributed by atoms with E-state index in [2.05, 4.69) is 11.9 Å². The van der Waals surface area contributed by atoms with Crippen LogP contribution in [-0.2, 0) is 4.74 Å². The van der Waals surface area contributed by atoms with E-state index in [1.807, 2.05) is 6.92 Å². The fourth-order valence-corrected chi connectivity index (χ4v) is 1.79. The third-order valence-corrected chi connectivity index (χ3v) is 2.67. The minimum absolute atomic E-state index is 0.163. The van der Waals surface area contributed by atoms with E-state index in [1.165, 1.54) is 0 Å². The van der Waals surface area contributed by atoms with Crippen molar-refractivity contribution < 1.29 is 9.15 Å². The van der Waals surface area contributed by atoms with Gasteiger partial charge in [0.05, 0.1) is 18.9 Å². The number of hydrogen-bond donors (Lipinski definition) is 0. The van der Waals surface area contributed by atoms with E-state index in [4.69, 9.17) is 20.8 Å². The van der Waals surface area contributed by atoms with E-state index >= 15 is 0 Å². The summed E-state index contributed by atoms with van der Waals surface area (Å²) in [6.07, 6.45) is 3.09. The van der Waals surface area contributed by atoms with Crippen LogP contribution in [0, 0.1) is 0 Å². The average molecular weight is 216 g/mol. The number of rotatable bonds is 2. The number of alkyl halides is 1. The second kappa shape index (κ2) is 3.91. The SMILES string of the molecule is CC1CC(c2cnc(C(C)Cl)o2)CO1. The highest BCUT2D eigenvalue weighted by molar-refractivity contribution is 6.20. The van der Waals surface area contributed by atoms with Crippen molar-refractivity contribution in [1.82, 2.24) is 4.98 Å². The van der Waals surface area contributed by atoms with Gasteiger partial charge in [-0.3, -0.25) is 0 Å². The van der Waals surface area contributed by atoms with Gasteiger partial charge in [-0.1, -0.05) is 0 Å². The van der Waals surface area contributed by atoms with Gasteiger partial charge in [0.15, 0.2) is 0 Å². The van der Waals surface area contributed by atoms with E-state index in [9.17, 15) is 0 Å². The topological polar surface area (TPSA) is 35.3 Å². The molecule has 3 nitrogen and oxygen atoms in total. The molecule has 0 N–H and O–H groups in total. The summed E-state index contributed by atoms with van der Waals surface area (Å²) in [6.45, 7) is 4.65. The van der Waals surface area contributed by atoms with Gasteiger partial charge in [0, 0.05) is 5.92 Å². The van der Waals surface area contributed by atoms with E-state index < -0.39 is 0 Å². The molecule has 1 aliphatic rings. The van der Waals surface area contributed by atoms with Crippen LogP contribution in [0.15, 0.2) is 10.6 Å². The molecule has 1 aromatic rings. The van der Waals surface area contributed by atoms with Crippen LogP contribution in [0.1, 0.15) is 43.2 Å². The molecule has 0 saturated carbocycles. The summed E-state index contributed by atoms with van der Waals surface area (Å²) >= 11 is 5.86. The van der Waals surface area contributed by atoms with Gasteiger partial charge in [0.1, 0.15) is 11.1 Å². The second-order valence-corrected chi connectivity index (χ2v) is 4.45. The predicted molar refractivity (Wildman–Crippen MR) is 53.5 cm³/mol. The molecule has 0 amide bonds. The fraction of sp³-hybridized carbons (Fsp3) is 0.700. The van der Waals surface area contributed by atoms with Crippen LogP contribution in [0.4, 0.5) is 0 Å². The molecule has 3 atom stereocenters. The Labute approximate surface area is 88.4 Å². The Balaban J connectivity index is 2.09. The zero-order valence-corrected chi connectivity index (χ0v) is 9.12. The highest BCUT2D eigenvalue weighted by Crippen LogP contribution is 2.31. The zero-order chi connectivity index (χ0) is 10.1. The van der Waals surface area contributed by atoms with Crippen molar-refractivity contribution in [2.24, 2.45) is 0 Å². The molecular formula is C10H14ClNO2. The minimum atomic E-state index is -0.163. The number of halogens is 1. The normalized spacial score (nSPS) is 29.4. The molecule has 78 valence electrons. The van der Waals surface area contributed by atoms with Crippen molar-refractivity contribution in [2.75, 3.05) is 6.61 Å². The Morgan fingerprint density at radius 1 is 1.64 bits per heavy atom. The maximum atomic E-state index is 5.86. The van der Waals surface area contributed by atoms with Gasteiger partial charge in [-0.05, 0) is 20.3 Å². The van der Waals surface area contributed by atoms with Gasteiger partial charge in [-0.15, -0.1) is 11.6 Å². The van der Waals surface area contributed by atoms with Crippen LogP contribution in [0.25, 0.3) is 0 Å². The van der Waals surface area contributed by atoms with Gasteiger partial charge in [0.25, 0.3) is 0 Å². The maximum absolute atomic E-state index is 5.86. The lowest BCUT2D eigenvalue weighted by molar-refractivity contribution is 0.122. The second-order valence-electron chi connectivity index (χ2n) is 3.79. The molecule has 0 spiro atoms. The molecule has 0 bridgehead atoms. The summed E-state index contributed by atoms with van der Waals surface area (Å²) in [5.74, 6) is 1.85. The highest BCUT2D eigenvalue weighted by Gasteiger charge is 2.27.